The third-order valence-electron chi connectivity index (χ3n) is 0.874. The van der Waals surface area contributed by atoms with Crippen molar-refractivity contribution in [2.24, 2.45) is 0 Å². The second-order valence-corrected chi connectivity index (χ2v) is 2.86. The van der Waals surface area contributed by atoms with Gasteiger partial charge in [0.15, 0.2) is 0 Å². The zero-order chi connectivity index (χ0) is 5.91. The van der Waals surface area contributed by atoms with Gasteiger partial charge in [0, 0.05) is 11.5 Å². The summed E-state index contributed by atoms with van der Waals surface area (Å²) in [5.41, 5.74) is 0.0700. The van der Waals surface area contributed by atoms with E-state index in [1.165, 1.54) is 0 Å². The van der Waals surface area contributed by atoms with Crippen molar-refractivity contribution >= 4 is 22.6 Å². The molecule has 0 N–H and O–H groups in total. The molecule has 0 heterocycles. The number of hydrogen-bond donors (Lipinski definition) is 0. The molecule has 0 radical (unpaired) electrons. The molecule has 0 rings (SSSR count). The minimum Gasteiger partial charge on any atom is -0.378 e. The minimum atomic E-state index is 0.0700. The van der Waals surface area contributed by atoms with Crippen molar-refractivity contribution in [3.63, 3.8) is 0 Å². The van der Waals surface area contributed by atoms with Gasteiger partial charge in [-0.2, -0.15) is 0 Å². The molecule has 0 amide bonds. The number of alkyl halides is 1. The first-order chi connectivity index (χ1) is 3.12. The van der Waals surface area contributed by atoms with Crippen molar-refractivity contribution in [1.29, 1.82) is 0 Å². The highest BCUT2D eigenvalue weighted by Crippen LogP contribution is 2.09. The Morgan fingerprint density at radius 2 is 2.00 bits per heavy atom. The van der Waals surface area contributed by atoms with Gasteiger partial charge in [-0.1, -0.05) is 22.6 Å². The Hall–Kier alpha value is 0.690. The molecular formula is C5H11IO. The summed E-state index contributed by atoms with van der Waals surface area (Å²) >= 11 is 2.31. The van der Waals surface area contributed by atoms with E-state index in [0.717, 1.165) is 4.43 Å². The Bertz CT molecular complexity index is 46.0. The molecule has 0 saturated heterocycles. The molecule has 0 saturated carbocycles. The fourth-order valence-corrected chi connectivity index (χ4v) is 0.366. The van der Waals surface area contributed by atoms with Crippen LogP contribution in [0.2, 0.25) is 0 Å². The highest BCUT2D eigenvalue weighted by atomic mass is 127. The SMILES string of the molecule is COC(C)(C)CI. The molecule has 0 unspecified atom stereocenters. The molecular weight excluding hydrogens is 203 g/mol. The van der Waals surface area contributed by atoms with Gasteiger partial charge in [0.2, 0.25) is 0 Å². The smallest absolute Gasteiger partial charge is 0.0711 e. The van der Waals surface area contributed by atoms with Crippen LogP contribution < -0.4 is 0 Å². The molecule has 7 heavy (non-hydrogen) atoms. The summed E-state index contributed by atoms with van der Waals surface area (Å²) in [5, 5.41) is 0. The highest BCUT2D eigenvalue weighted by molar-refractivity contribution is 14.1. The van der Waals surface area contributed by atoms with E-state index < -0.39 is 0 Å². The Kier molecular flexibility index (Phi) is 3.15. The predicted octanol–water partition coefficient (Wildman–Crippen LogP) is 1.85. The minimum absolute atomic E-state index is 0.0700. The predicted molar refractivity (Wildman–Crippen MR) is 40.0 cm³/mol. The van der Waals surface area contributed by atoms with Gasteiger partial charge < -0.3 is 4.74 Å². The standard InChI is InChI=1S/C5H11IO/c1-5(2,4-6)7-3/h4H2,1-3H3. The molecule has 0 aromatic rings. The Labute approximate surface area is 58.6 Å². The topological polar surface area (TPSA) is 9.23 Å². The molecule has 0 aliphatic heterocycles. The fourth-order valence-electron chi connectivity index (χ4n) is 0.0546. The second kappa shape index (κ2) is 2.87. The molecule has 0 aliphatic rings. The van der Waals surface area contributed by atoms with E-state index in [1.54, 1.807) is 7.11 Å². The average Bonchev–Trinajstić information content (AvgIpc) is 1.68. The van der Waals surface area contributed by atoms with Gasteiger partial charge >= 0.3 is 0 Å². The van der Waals surface area contributed by atoms with Crippen molar-refractivity contribution in [3.8, 4) is 0 Å². The highest BCUT2D eigenvalue weighted by Gasteiger charge is 2.12. The number of rotatable bonds is 2. The Balaban J connectivity index is 3.36. The number of halogens is 1. The van der Waals surface area contributed by atoms with E-state index in [-0.39, 0.29) is 5.60 Å². The van der Waals surface area contributed by atoms with Gasteiger partial charge in [-0.25, -0.2) is 0 Å². The van der Waals surface area contributed by atoms with Crippen molar-refractivity contribution in [2.45, 2.75) is 19.4 Å². The first-order valence-electron chi connectivity index (χ1n) is 2.23. The quantitative estimate of drug-likeness (QED) is 0.503. The molecule has 0 aliphatic carbocycles. The van der Waals surface area contributed by atoms with E-state index in [4.69, 9.17) is 4.74 Å². The lowest BCUT2D eigenvalue weighted by atomic mass is 10.2. The van der Waals surface area contributed by atoms with Crippen LogP contribution in [0.25, 0.3) is 0 Å². The number of hydrogen-bond acceptors (Lipinski definition) is 1. The van der Waals surface area contributed by atoms with Crippen molar-refractivity contribution < 1.29 is 4.74 Å². The van der Waals surface area contributed by atoms with Gasteiger partial charge in [-0.05, 0) is 13.8 Å². The maximum absolute atomic E-state index is 5.08. The van der Waals surface area contributed by atoms with E-state index in [2.05, 4.69) is 36.4 Å². The third-order valence-corrected chi connectivity index (χ3v) is 2.71. The number of ether oxygens (including phenoxy) is 1. The van der Waals surface area contributed by atoms with Crippen LogP contribution in [-0.2, 0) is 4.74 Å². The molecule has 2 heteroatoms. The van der Waals surface area contributed by atoms with Crippen LogP contribution in [0, 0.1) is 0 Å². The van der Waals surface area contributed by atoms with Gasteiger partial charge in [-0.3, -0.25) is 0 Å². The van der Waals surface area contributed by atoms with Crippen LogP contribution in [0.5, 0.6) is 0 Å². The van der Waals surface area contributed by atoms with Crippen LogP contribution in [0.4, 0.5) is 0 Å². The summed E-state index contributed by atoms with van der Waals surface area (Å²) in [6, 6.07) is 0. The largest absolute Gasteiger partial charge is 0.378 e. The summed E-state index contributed by atoms with van der Waals surface area (Å²) < 4.78 is 6.12. The van der Waals surface area contributed by atoms with E-state index in [0.29, 0.717) is 0 Å². The summed E-state index contributed by atoms with van der Waals surface area (Å²) in [4.78, 5) is 0. The number of methoxy groups -OCH3 is 1. The summed E-state index contributed by atoms with van der Waals surface area (Å²) in [6.45, 7) is 4.14. The summed E-state index contributed by atoms with van der Waals surface area (Å²) in [5.74, 6) is 0. The zero-order valence-corrected chi connectivity index (χ0v) is 7.15. The third kappa shape index (κ3) is 3.29. The first kappa shape index (κ1) is 7.69. The lowest BCUT2D eigenvalue weighted by Crippen LogP contribution is -2.23. The second-order valence-electron chi connectivity index (χ2n) is 2.10. The van der Waals surface area contributed by atoms with Crippen LogP contribution in [0.1, 0.15) is 13.8 Å². The van der Waals surface area contributed by atoms with Crippen LogP contribution in [-0.4, -0.2) is 17.1 Å². The van der Waals surface area contributed by atoms with Gasteiger partial charge in [-0.15, -0.1) is 0 Å². The van der Waals surface area contributed by atoms with Crippen LogP contribution in [0.3, 0.4) is 0 Å². The summed E-state index contributed by atoms with van der Waals surface area (Å²) in [7, 11) is 1.73. The molecule has 0 fully saturated rings. The molecule has 0 atom stereocenters. The van der Waals surface area contributed by atoms with Crippen molar-refractivity contribution in [1.82, 2.24) is 0 Å². The molecule has 0 aromatic carbocycles. The van der Waals surface area contributed by atoms with E-state index in [9.17, 15) is 0 Å². The van der Waals surface area contributed by atoms with Crippen molar-refractivity contribution in [3.05, 3.63) is 0 Å². The molecule has 44 valence electrons. The van der Waals surface area contributed by atoms with Gasteiger partial charge in [0.25, 0.3) is 0 Å². The molecule has 0 aromatic heterocycles. The first-order valence-corrected chi connectivity index (χ1v) is 3.76. The van der Waals surface area contributed by atoms with Crippen LogP contribution >= 0.6 is 22.6 Å². The fraction of sp³-hybridized carbons (Fsp3) is 1.00. The van der Waals surface area contributed by atoms with Gasteiger partial charge in [0.05, 0.1) is 5.60 Å². The lowest BCUT2D eigenvalue weighted by Gasteiger charge is -2.18. The van der Waals surface area contributed by atoms with Crippen molar-refractivity contribution in [2.75, 3.05) is 11.5 Å². The monoisotopic (exact) mass is 214 g/mol. The normalized spacial score (nSPS) is 12.0. The molecule has 0 bridgehead atoms. The maximum atomic E-state index is 5.08. The molecule has 0 spiro atoms. The lowest BCUT2D eigenvalue weighted by molar-refractivity contribution is 0.0466. The summed E-state index contributed by atoms with van der Waals surface area (Å²) in [6.07, 6.45) is 0. The molecule has 1 nitrogen and oxygen atoms in total. The zero-order valence-electron chi connectivity index (χ0n) is 4.99. The van der Waals surface area contributed by atoms with E-state index >= 15 is 0 Å². The Morgan fingerprint density at radius 3 is 2.00 bits per heavy atom. The van der Waals surface area contributed by atoms with Crippen LogP contribution in [0.15, 0.2) is 0 Å². The average molecular weight is 214 g/mol. The van der Waals surface area contributed by atoms with E-state index in [1.807, 2.05) is 0 Å². The Morgan fingerprint density at radius 1 is 1.57 bits per heavy atom. The maximum Gasteiger partial charge on any atom is 0.0711 e. The van der Waals surface area contributed by atoms with Gasteiger partial charge in [0.1, 0.15) is 0 Å².